The first kappa shape index (κ1) is 13.3. The zero-order valence-corrected chi connectivity index (χ0v) is 11.5. The van der Waals surface area contributed by atoms with Crippen molar-refractivity contribution in [3.8, 4) is 20.3 Å². The Bertz CT molecular complexity index is 700. The van der Waals surface area contributed by atoms with E-state index >= 15 is 0 Å². The highest BCUT2D eigenvalue weighted by molar-refractivity contribution is 7.22. The fraction of sp³-hybridized carbons (Fsp3) is 0.0769. The minimum absolute atomic E-state index is 0.652. The summed E-state index contributed by atoms with van der Waals surface area (Å²) in [5, 5.41) is 0.696. The molecule has 1 aromatic carbocycles. The van der Waals surface area contributed by atoms with Gasteiger partial charge in [0.1, 0.15) is 5.01 Å². The van der Waals surface area contributed by atoms with Crippen LogP contribution in [0.1, 0.15) is 5.56 Å². The van der Waals surface area contributed by atoms with Gasteiger partial charge in [0.05, 0.1) is 20.8 Å². The predicted molar refractivity (Wildman–Crippen MR) is 73.7 cm³/mol. The van der Waals surface area contributed by atoms with Gasteiger partial charge in [0.25, 0.3) is 0 Å². The number of nitrogens with zero attached hydrogens (tertiary/aromatic N) is 2. The van der Waals surface area contributed by atoms with Crippen molar-refractivity contribution in [1.82, 2.24) is 9.97 Å². The summed E-state index contributed by atoms with van der Waals surface area (Å²) < 4.78 is 37.5. The number of benzene rings is 1. The maximum absolute atomic E-state index is 12.5. The van der Waals surface area contributed by atoms with Crippen LogP contribution in [0.5, 0.6) is 0 Å². The van der Waals surface area contributed by atoms with Gasteiger partial charge in [-0.25, -0.2) is 4.98 Å². The van der Waals surface area contributed by atoms with E-state index in [1.54, 1.807) is 17.9 Å². The highest BCUT2D eigenvalue weighted by atomic mass is 32.1. The van der Waals surface area contributed by atoms with E-state index in [0.717, 1.165) is 21.9 Å². The van der Waals surface area contributed by atoms with E-state index < -0.39 is 11.7 Å². The third kappa shape index (κ3) is 2.59. The second-order valence-electron chi connectivity index (χ2n) is 3.97. The van der Waals surface area contributed by atoms with E-state index in [4.69, 9.17) is 0 Å². The molecular weight excluding hydrogens is 305 g/mol. The fourth-order valence-electron chi connectivity index (χ4n) is 1.66. The minimum atomic E-state index is -4.31. The molecule has 0 fully saturated rings. The number of aromatic nitrogens is 2. The lowest BCUT2D eigenvalue weighted by Crippen LogP contribution is -2.03. The number of thiazole rings is 2. The molecule has 2 heterocycles. The first-order chi connectivity index (χ1) is 9.54. The monoisotopic (exact) mass is 312 g/mol. The van der Waals surface area contributed by atoms with Gasteiger partial charge in [-0.2, -0.15) is 13.2 Å². The first-order valence-electron chi connectivity index (χ1n) is 5.56. The molecule has 0 aliphatic carbocycles. The van der Waals surface area contributed by atoms with Gasteiger partial charge in [0, 0.05) is 18.0 Å². The molecule has 0 saturated carbocycles. The molecule has 20 heavy (non-hydrogen) atoms. The normalized spacial score (nSPS) is 11.8. The topological polar surface area (TPSA) is 25.8 Å². The molecule has 0 amide bonds. The quantitative estimate of drug-likeness (QED) is 0.669. The van der Waals surface area contributed by atoms with Crippen molar-refractivity contribution >= 4 is 22.7 Å². The van der Waals surface area contributed by atoms with Gasteiger partial charge in [-0.05, 0) is 12.1 Å². The van der Waals surface area contributed by atoms with Crippen LogP contribution >= 0.6 is 22.7 Å². The van der Waals surface area contributed by atoms with Crippen molar-refractivity contribution in [2.24, 2.45) is 0 Å². The number of halogens is 3. The average molecular weight is 312 g/mol. The molecule has 7 heteroatoms. The molecule has 0 radical (unpaired) electrons. The Hall–Kier alpha value is -1.73. The summed E-state index contributed by atoms with van der Waals surface area (Å²) in [5.41, 5.74) is 1.76. The average Bonchev–Trinajstić information content (AvgIpc) is 3.09. The molecule has 0 aliphatic rings. The van der Waals surface area contributed by atoms with Crippen LogP contribution in [0.15, 0.2) is 42.2 Å². The molecular formula is C13H7F3N2S2. The molecule has 0 atom stereocenters. The summed E-state index contributed by atoms with van der Waals surface area (Å²) in [7, 11) is 0. The van der Waals surface area contributed by atoms with Gasteiger partial charge in [-0.1, -0.05) is 12.1 Å². The molecule has 0 spiro atoms. The van der Waals surface area contributed by atoms with Crippen molar-refractivity contribution in [3.05, 3.63) is 47.7 Å². The van der Waals surface area contributed by atoms with Crippen molar-refractivity contribution in [1.29, 1.82) is 0 Å². The van der Waals surface area contributed by atoms with Crippen LogP contribution in [-0.2, 0) is 6.18 Å². The predicted octanol–water partition coefficient (Wildman–Crippen LogP) is 4.95. The smallest absolute Gasteiger partial charge is 0.252 e. The SMILES string of the molecule is FC(F)(F)c1ccc(-c2ncc(-c3cncs3)s2)cc1. The van der Waals surface area contributed by atoms with Gasteiger partial charge in [0.15, 0.2) is 0 Å². The summed E-state index contributed by atoms with van der Waals surface area (Å²) in [6, 6.07) is 5.03. The van der Waals surface area contributed by atoms with E-state index in [9.17, 15) is 13.2 Å². The Morgan fingerprint density at radius 1 is 0.950 bits per heavy atom. The Balaban J connectivity index is 1.90. The summed E-state index contributed by atoms with van der Waals surface area (Å²) in [6.45, 7) is 0. The first-order valence-corrected chi connectivity index (χ1v) is 7.26. The van der Waals surface area contributed by atoms with E-state index in [0.29, 0.717) is 10.6 Å². The number of alkyl halides is 3. The maximum Gasteiger partial charge on any atom is 0.416 e. The van der Waals surface area contributed by atoms with E-state index in [1.807, 2.05) is 0 Å². The van der Waals surface area contributed by atoms with Crippen LogP contribution in [0.4, 0.5) is 13.2 Å². The van der Waals surface area contributed by atoms with Crippen LogP contribution in [0.2, 0.25) is 0 Å². The van der Waals surface area contributed by atoms with Gasteiger partial charge in [0.2, 0.25) is 0 Å². The second-order valence-corrected chi connectivity index (χ2v) is 5.89. The van der Waals surface area contributed by atoms with E-state index in [1.165, 1.54) is 34.8 Å². The van der Waals surface area contributed by atoms with Crippen molar-refractivity contribution < 1.29 is 13.2 Å². The van der Waals surface area contributed by atoms with Gasteiger partial charge < -0.3 is 0 Å². The number of rotatable bonds is 2. The molecule has 2 nitrogen and oxygen atoms in total. The lowest BCUT2D eigenvalue weighted by atomic mass is 10.1. The summed E-state index contributed by atoms with van der Waals surface area (Å²) in [6.07, 6.45) is -0.852. The van der Waals surface area contributed by atoms with Crippen LogP contribution < -0.4 is 0 Å². The molecule has 0 bridgehead atoms. The Morgan fingerprint density at radius 3 is 2.30 bits per heavy atom. The summed E-state index contributed by atoms with van der Waals surface area (Å²) in [5.74, 6) is 0. The molecule has 0 N–H and O–H groups in total. The van der Waals surface area contributed by atoms with Gasteiger partial charge in [-0.3, -0.25) is 4.98 Å². The van der Waals surface area contributed by atoms with Crippen LogP contribution in [0.3, 0.4) is 0 Å². The number of hydrogen-bond donors (Lipinski definition) is 0. The molecule has 102 valence electrons. The summed E-state index contributed by atoms with van der Waals surface area (Å²) >= 11 is 2.94. The fourth-order valence-corrected chi connectivity index (χ4v) is 3.28. The molecule has 2 aromatic heterocycles. The van der Waals surface area contributed by atoms with E-state index in [-0.39, 0.29) is 0 Å². The third-order valence-corrected chi connectivity index (χ3v) is 4.66. The maximum atomic E-state index is 12.5. The molecule has 0 saturated heterocycles. The van der Waals surface area contributed by atoms with Crippen molar-refractivity contribution in [3.63, 3.8) is 0 Å². The van der Waals surface area contributed by atoms with Gasteiger partial charge in [-0.15, -0.1) is 22.7 Å². The Kier molecular flexibility index (Phi) is 3.31. The zero-order valence-electron chi connectivity index (χ0n) is 9.89. The molecule has 0 aliphatic heterocycles. The lowest BCUT2D eigenvalue weighted by molar-refractivity contribution is -0.137. The lowest BCUT2D eigenvalue weighted by Gasteiger charge is -2.06. The second kappa shape index (κ2) is 4.99. The minimum Gasteiger partial charge on any atom is -0.252 e. The van der Waals surface area contributed by atoms with Gasteiger partial charge >= 0.3 is 6.18 Å². The number of hydrogen-bond acceptors (Lipinski definition) is 4. The standard InChI is InChI=1S/C13H7F3N2S2/c14-13(15,16)9-3-1-8(2-4-9)12-18-6-11(20-12)10-5-17-7-19-10/h1-7H. The molecule has 3 aromatic rings. The van der Waals surface area contributed by atoms with Crippen molar-refractivity contribution in [2.75, 3.05) is 0 Å². The molecule has 3 rings (SSSR count). The Morgan fingerprint density at radius 2 is 1.70 bits per heavy atom. The van der Waals surface area contributed by atoms with Crippen molar-refractivity contribution in [2.45, 2.75) is 6.18 Å². The Labute approximate surface area is 120 Å². The molecule has 0 unspecified atom stereocenters. The zero-order chi connectivity index (χ0) is 14.2. The van der Waals surface area contributed by atoms with Crippen LogP contribution in [-0.4, -0.2) is 9.97 Å². The van der Waals surface area contributed by atoms with E-state index in [2.05, 4.69) is 9.97 Å². The highest BCUT2D eigenvalue weighted by Gasteiger charge is 2.30. The highest BCUT2D eigenvalue weighted by Crippen LogP contribution is 2.35. The third-order valence-electron chi connectivity index (χ3n) is 2.64. The van der Waals surface area contributed by atoms with Crippen LogP contribution in [0.25, 0.3) is 20.3 Å². The largest absolute Gasteiger partial charge is 0.416 e. The van der Waals surface area contributed by atoms with Crippen LogP contribution in [0, 0.1) is 0 Å². The summed E-state index contributed by atoms with van der Waals surface area (Å²) in [4.78, 5) is 10.2.